The number of ether oxygens (including phenoxy) is 1. The molecule has 1 amide bonds. The second-order valence-corrected chi connectivity index (χ2v) is 6.57. The van der Waals surface area contributed by atoms with E-state index in [2.05, 4.69) is 27.0 Å². The number of aliphatic hydroxyl groups is 1. The molecule has 0 radical (unpaired) electrons. The van der Waals surface area contributed by atoms with Crippen LogP contribution in [0.5, 0.6) is 0 Å². The SMILES string of the molecule is C=Cn1nnc(-c2ccc(-c3ccc(N4C[C@H](C(O)C(F)F)OC4=O)cc3F)cn2)n1. The number of hydrogen-bond donors (Lipinski definition) is 1. The highest BCUT2D eigenvalue weighted by Crippen LogP contribution is 2.30. The number of nitrogens with zero attached hydrogens (tertiary/aromatic N) is 6. The van der Waals surface area contributed by atoms with E-state index >= 15 is 0 Å². The number of pyridine rings is 1. The van der Waals surface area contributed by atoms with Gasteiger partial charge in [0.25, 0.3) is 6.43 Å². The molecule has 9 nitrogen and oxygen atoms in total. The molecule has 31 heavy (non-hydrogen) atoms. The summed E-state index contributed by atoms with van der Waals surface area (Å²) >= 11 is 0. The van der Waals surface area contributed by atoms with E-state index < -0.39 is 30.5 Å². The van der Waals surface area contributed by atoms with Gasteiger partial charge in [-0.15, -0.1) is 15.0 Å². The Labute approximate surface area is 173 Å². The minimum Gasteiger partial charge on any atom is -0.441 e. The molecule has 0 bridgehead atoms. The maximum absolute atomic E-state index is 14.7. The molecular weight excluding hydrogens is 417 g/mol. The predicted molar refractivity (Wildman–Crippen MR) is 102 cm³/mol. The first-order valence-corrected chi connectivity index (χ1v) is 9.00. The van der Waals surface area contributed by atoms with Crippen molar-refractivity contribution in [3.05, 3.63) is 48.9 Å². The van der Waals surface area contributed by atoms with Crippen LogP contribution in [0.15, 0.2) is 43.1 Å². The Hall–Kier alpha value is -3.80. The Kier molecular flexibility index (Phi) is 5.38. The van der Waals surface area contributed by atoms with Gasteiger partial charge in [0.1, 0.15) is 11.5 Å². The van der Waals surface area contributed by atoms with E-state index in [9.17, 15) is 23.1 Å². The summed E-state index contributed by atoms with van der Waals surface area (Å²) in [6.07, 6.45) is -4.73. The van der Waals surface area contributed by atoms with Crippen molar-refractivity contribution in [3.8, 4) is 22.6 Å². The van der Waals surface area contributed by atoms with Gasteiger partial charge in [-0.25, -0.2) is 18.0 Å². The van der Waals surface area contributed by atoms with Crippen molar-refractivity contribution in [2.24, 2.45) is 0 Å². The smallest absolute Gasteiger partial charge is 0.414 e. The van der Waals surface area contributed by atoms with Gasteiger partial charge in [0.2, 0.25) is 5.82 Å². The summed E-state index contributed by atoms with van der Waals surface area (Å²) < 4.78 is 44.8. The molecule has 160 valence electrons. The first-order chi connectivity index (χ1) is 14.9. The molecule has 3 heterocycles. The zero-order valence-electron chi connectivity index (χ0n) is 15.8. The van der Waals surface area contributed by atoms with Crippen molar-refractivity contribution in [1.82, 2.24) is 25.2 Å². The molecule has 1 fully saturated rings. The lowest BCUT2D eigenvalue weighted by Gasteiger charge is -2.16. The Bertz CT molecular complexity index is 1120. The van der Waals surface area contributed by atoms with E-state index in [1.807, 2.05) is 0 Å². The summed E-state index contributed by atoms with van der Waals surface area (Å²) in [5.74, 6) is -0.385. The van der Waals surface area contributed by atoms with E-state index in [1.54, 1.807) is 12.1 Å². The van der Waals surface area contributed by atoms with E-state index in [4.69, 9.17) is 4.74 Å². The third kappa shape index (κ3) is 3.97. The summed E-state index contributed by atoms with van der Waals surface area (Å²) in [4.78, 5) is 18.3. The lowest BCUT2D eigenvalue weighted by Crippen LogP contribution is -2.36. The van der Waals surface area contributed by atoms with Crippen LogP contribution in [0.1, 0.15) is 0 Å². The molecular formula is C19H15F3N6O3. The number of tetrazole rings is 1. The van der Waals surface area contributed by atoms with Crippen molar-refractivity contribution in [1.29, 1.82) is 0 Å². The first kappa shape index (κ1) is 20.5. The number of halogens is 3. The zero-order valence-corrected chi connectivity index (χ0v) is 15.8. The largest absolute Gasteiger partial charge is 0.441 e. The molecule has 0 aliphatic carbocycles. The van der Waals surface area contributed by atoms with Gasteiger partial charge in [-0.2, -0.15) is 0 Å². The van der Waals surface area contributed by atoms with Gasteiger partial charge in [0.05, 0.1) is 12.2 Å². The normalized spacial score (nSPS) is 17.1. The number of carbonyl (C=O) groups excluding carboxylic acids is 1. The zero-order chi connectivity index (χ0) is 22.1. The van der Waals surface area contributed by atoms with Crippen LogP contribution in [0.25, 0.3) is 28.8 Å². The van der Waals surface area contributed by atoms with Crippen LogP contribution in [0.2, 0.25) is 0 Å². The number of carbonyl (C=O) groups is 1. The molecule has 1 unspecified atom stereocenters. The summed E-state index contributed by atoms with van der Waals surface area (Å²) in [5.41, 5.74) is 1.21. The number of benzene rings is 1. The number of aliphatic hydroxyl groups excluding tert-OH is 1. The Morgan fingerprint density at radius 1 is 1.29 bits per heavy atom. The van der Waals surface area contributed by atoms with E-state index in [-0.39, 0.29) is 23.6 Å². The average molecular weight is 432 g/mol. The number of hydrogen-bond acceptors (Lipinski definition) is 7. The molecule has 2 aromatic heterocycles. The van der Waals surface area contributed by atoms with Crippen LogP contribution < -0.4 is 4.90 Å². The highest BCUT2D eigenvalue weighted by atomic mass is 19.3. The number of alkyl halides is 2. The molecule has 0 saturated carbocycles. The highest BCUT2D eigenvalue weighted by Gasteiger charge is 2.40. The van der Waals surface area contributed by atoms with Gasteiger partial charge >= 0.3 is 6.09 Å². The second-order valence-electron chi connectivity index (χ2n) is 6.57. The Morgan fingerprint density at radius 2 is 2.10 bits per heavy atom. The van der Waals surface area contributed by atoms with Gasteiger partial charge in [-0.1, -0.05) is 12.6 Å². The Morgan fingerprint density at radius 3 is 2.71 bits per heavy atom. The highest BCUT2D eigenvalue weighted by molar-refractivity contribution is 5.90. The first-order valence-electron chi connectivity index (χ1n) is 9.00. The summed E-state index contributed by atoms with van der Waals surface area (Å²) in [7, 11) is 0. The summed E-state index contributed by atoms with van der Waals surface area (Å²) in [6.45, 7) is 3.20. The molecule has 1 N–H and O–H groups in total. The molecule has 4 rings (SSSR count). The number of cyclic esters (lactones) is 1. The van der Waals surface area contributed by atoms with Crippen molar-refractivity contribution < 1.29 is 27.8 Å². The fourth-order valence-electron chi connectivity index (χ4n) is 3.03. The van der Waals surface area contributed by atoms with Gasteiger partial charge < -0.3 is 9.84 Å². The van der Waals surface area contributed by atoms with E-state index in [0.29, 0.717) is 11.3 Å². The Balaban J connectivity index is 1.54. The van der Waals surface area contributed by atoms with Crippen LogP contribution in [0, 0.1) is 5.82 Å². The molecule has 2 atom stereocenters. The maximum atomic E-state index is 14.7. The van der Waals surface area contributed by atoms with Crippen LogP contribution in [0.4, 0.5) is 23.7 Å². The fourth-order valence-corrected chi connectivity index (χ4v) is 3.03. The predicted octanol–water partition coefficient (Wildman–Crippen LogP) is 2.59. The molecule has 3 aromatic rings. The number of anilines is 1. The monoisotopic (exact) mass is 432 g/mol. The average Bonchev–Trinajstić information content (AvgIpc) is 3.40. The van der Waals surface area contributed by atoms with Gasteiger partial charge in [0, 0.05) is 23.5 Å². The standard InChI is InChI=1S/C19H15F3N6O3/c1-2-28-25-18(24-26-28)14-6-3-10(8-23-14)12-5-4-11(7-13(12)20)27-9-15(31-19(27)30)16(29)17(21)22/h2-8,15-17,29H,1,9H2/t15-,16?/m1/s1. The van der Waals surface area contributed by atoms with Crippen molar-refractivity contribution in [2.75, 3.05) is 11.4 Å². The van der Waals surface area contributed by atoms with Crippen molar-refractivity contribution in [3.63, 3.8) is 0 Å². The molecule has 1 aliphatic rings. The van der Waals surface area contributed by atoms with Crippen LogP contribution >= 0.6 is 0 Å². The molecule has 1 saturated heterocycles. The van der Waals surface area contributed by atoms with Gasteiger partial charge in [0.15, 0.2) is 12.2 Å². The van der Waals surface area contributed by atoms with Crippen LogP contribution in [0.3, 0.4) is 0 Å². The van der Waals surface area contributed by atoms with E-state index in [0.717, 1.165) is 11.0 Å². The minimum atomic E-state index is -3.07. The van der Waals surface area contributed by atoms with Crippen molar-refractivity contribution in [2.45, 2.75) is 18.6 Å². The number of aromatic nitrogens is 5. The number of rotatable bonds is 6. The summed E-state index contributed by atoms with van der Waals surface area (Å²) in [5, 5.41) is 21.0. The minimum absolute atomic E-state index is 0.116. The van der Waals surface area contributed by atoms with Crippen LogP contribution in [-0.2, 0) is 4.74 Å². The summed E-state index contributed by atoms with van der Waals surface area (Å²) in [6, 6.07) is 7.17. The van der Waals surface area contributed by atoms with Crippen molar-refractivity contribution >= 4 is 18.0 Å². The molecule has 12 heteroatoms. The molecule has 1 aliphatic heterocycles. The fraction of sp³-hybridized carbons (Fsp3) is 0.211. The lowest BCUT2D eigenvalue weighted by molar-refractivity contribution is -0.0641. The van der Waals surface area contributed by atoms with Crippen LogP contribution in [-0.4, -0.2) is 61.6 Å². The van der Waals surface area contributed by atoms with Gasteiger partial charge in [-0.3, -0.25) is 9.88 Å². The van der Waals surface area contributed by atoms with Gasteiger partial charge in [-0.05, 0) is 29.5 Å². The maximum Gasteiger partial charge on any atom is 0.414 e. The second kappa shape index (κ2) is 8.14. The topological polar surface area (TPSA) is 106 Å². The quantitative estimate of drug-likeness (QED) is 0.638. The number of amides is 1. The third-order valence-corrected chi connectivity index (χ3v) is 4.63. The van der Waals surface area contributed by atoms with E-state index in [1.165, 1.54) is 29.3 Å². The lowest BCUT2D eigenvalue weighted by atomic mass is 10.1. The molecule has 1 aromatic carbocycles. The third-order valence-electron chi connectivity index (χ3n) is 4.63. The molecule has 0 spiro atoms.